The minimum absolute atomic E-state index is 0.0677. The molecule has 0 unspecified atom stereocenters. The van der Waals surface area contributed by atoms with Gasteiger partial charge in [-0.25, -0.2) is 13.8 Å². The summed E-state index contributed by atoms with van der Waals surface area (Å²) in [6, 6.07) is 10.7. The van der Waals surface area contributed by atoms with Gasteiger partial charge in [-0.1, -0.05) is 23.4 Å². The van der Waals surface area contributed by atoms with Gasteiger partial charge in [0.05, 0.1) is 6.20 Å². The first-order chi connectivity index (χ1) is 13.9. The molecule has 1 aromatic carbocycles. The van der Waals surface area contributed by atoms with Gasteiger partial charge >= 0.3 is 0 Å². The first kappa shape index (κ1) is 17.5. The Morgan fingerprint density at radius 1 is 1.31 bits per heavy atom. The molecule has 0 aliphatic heterocycles. The van der Waals surface area contributed by atoms with Crippen LogP contribution in [0.1, 0.15) is 34.3 Å². The van der Waals surface area contributed by atoms with Crippen LogP contribution in [0.4, 0.5) is 14.5 Å². The van der Waals surface area contributed by atoms with Crippen LogP contribution in [0.15, 0.2) is 53.3 Å². The molecule has 4 aromatic rings. The van der Waals surface area contributed by atoms with Crippen molar-refractivity contribution in [1.29, 1.82) is 0 Å². The van der Waals surface area contributed by atoms with Crippen LogP contribution in [0.25, 0.3) is 17.0 Å². The lowest BCUT2D eigenvalue weighted by Gasteiger charge is -2.09. The fourth-order valence-electron chi connectivity index (χ4n) is 3.16. The number of aryl methyl sites for hydroxylation is 1. The summed E-state index contributed by atoms with van der Waals surface area (Å²) in [6.07, 6.45) is 2.99. The number of carbonyl (C=O) groups is 1. The van der Waals surface area contributed by atoms with E-state index < -0.39 is 11.8 Å². The Bertz CT molecular complexity index is 1250. The van der Waals surface area contributed by atoms with Gasteiger partial charge in [-0.05, 0) is 30.7 Å². The number of rotatable bonds is 4. The Hall–Kier alpha value is -3.62. The van der Waals surface area contributed by atoms with Gasteiger partial charge in [0.25, 0.3) is 11.8 Å². The van der Waals surface area contributed by atoms with E-state index in [4.69, 9.17) is 4.52 Å². The molecule has 0 saturated heterocycles. The molecule has 1 aliphatic carbocycles. The Morgan fingerprint density at radius 3 is 2.93 bits per heavy atom. The lowest BCUT2D eigenvalue weighted by Crippen LogP contribution is -2.15. The number of nitrogens with one attached hydrogen (secondary N) is 1. The van der Waals surface area contributed by atoms with Crippen LogP contribution in [-0.4, -0.2) is 31.4 Å². The quantitative estimate of drug-likeness (QED) is 0.563. The van der Waals surface area contributed by atoms with Crippen molar-refractivity contribution in [1.82, 2.24) is 19.5 Å². The van der Waals surface area contributed by atoms with Gasteiger partial charge in [-0.2, -0.15) is 4.98 Å². The van der Waals surface area contributed by atoms with E-state index >= 15 is 0 Å². The highest BCUT2D eigenvalue weighted by Crippen LogP contribution is 2.55. The fraction of sp³-hybridized carbons (Fsp3) is 0.200. The number of halogens is 2. The highest BCUT2D eigenvalue weighted by molar-refractivity contribution is 6.04. The molecule has 7 nitrogen and oxygen atoms in total. The summed E-state index contributed by atoms with van der Waals surface area (Å²) >= 11 is 0. The zero-order chi connectivity index (χ0) is 20.2. The van der Waals surface area contributed by atoms with E-state index in [1.54, 1.807) is 34.9 Å². The molecule has 1 amide bonds. The number of carbonyl (C=O) groups excluding carboxylic acids is 1. The van der Waals surface area contributed by atoms with Crippen molar-refractivity contribution >= 4 is 17.2 Å². The molecule has 5 rings (SSSR count). The number of pyridine rings is 1. The van der Waals surface area contributed by atoms with Gasteiger partial charge < -0.3 is 9.84 Å². The highest BCUT2D eigenvalue weighted by atomic mass is 19.3. The fourth-order valence-corrected chi connectivity index (χ4v) is 3.16. The first-order valence-electron chi connectivity index (χ1n) is 8.98. The van der Waals surface area contributed by atoms with Gasteiger partial charge in [0.1, 0.15) is 17.3 Å². The minimum Gasteiger partial charge on any atom is -0.338 e. The standard InChI is InChI=1S/C20H15F2N5O2/c1-11-5-6-12(17-25-19(29-26-17)13-9-20(13,21)22)8-14(11)24-18(28)15-10-23-16-4-2-3-7-27(15)16/h2-8,10,13H,9H2,1H3,(H,24,28)/t13-/m0/s1. The van der Waals surface area contributed by atoms with E-state index in [-0.39, 0.29) is 24.0 Å². The van der Waals surface area contributed by atoms with E-state index in [9.17, 15) is 13.6 Å². The Balaban J connectivity index is 1.42. The summed E-state index contributed by atoms with van der Waals surface area (Å²) in [5.74, 6) is -3.97. The molecule has 146 valence electrons. The van der Waals surface area contributed by atoms with Crippen LogP contribution in [0.2, 0.25) is 0 Å². The van der Waals surface area contributed by atoms with Gasteiger partial charge in [-0.3, -0.25) is 9.20 Å². The Kier molecular flexibility index (Phi) is 3.73. The van der Waals surface area contributed by atoms with Crippen molar-refractivity contribution in [2.24, 2.45) is 0 Å². The van der Waals surface area contributed by atoms with Crippen molar-refractivity contribution in [3.8, 4) is 11.4 Å². The van der Waals surface area contributed by atoms with Crippen LogP contribution < -0.4 is 5.32 Å². The maximum Gasteiger partial charge on any atom is 0.274 e. The smallest absolute Gasteiger partial charge is 0.274 e. The maximum atomic E-state index is 13.2. The average Bonchev–Trinajstić information content (AvgIpc) is 3.10. The zero-order valence-corrected chi connectivity index (χ0v) is 15.3. The van der Waals surface area contributed by atoms with Crippen molar-refractivity contribution in [2.45, 2.75) is 25.2 Å². The van der Waals surface area contributed by atoms with Crippen molar-refractivity contribution < 1.29 is 18.1 Å². The molecule has 1 atom stereocenters. The number of imidazole rings is 1. The Labute approximate surface area is 163 Å². The molecule has 1 aliphatic rings. The second-order valence-corrected chi connectivity index (χ2v) is 7.03. The second kappa shape index (κ2) is 6.20. The number of amides is 1. The van der Waals surface area contributed by atoms with Crippen LogP contribution in [0.5, 0.6) is 0 Å². The molecule has 0 radical (unpaired) electrons. The van der Waals surface area contributed by atoms with Gasteiger partial charge in [0.2, 0.25) is 11.7 Å². The monoisotopic (exact) mass is 395 g/mol. The minimum atomic E-state index is -2.77. The SMILES string of the molecule is Cc1ccc(-c2noc([C@@H]3CC3(F)F)n2)cc1NC(=O)c1cnc2ccccn12. The van der Waals surface area contributed by atoms with Crippen LogP contribution in [0.3, 0.4) is 0 Å². The largest absolute Gasteiger partial charge is 0.338 e. The summed E-state index contributed by atoms with van der Waals surface area (Å²) in [7, 11) is 0. The summed E-state index contributed by atoms with van der Waals surface area (Å²) in [5, 5.41) is 6.67. The van der Waals surface area contributed by atoms with E-state index in [2.05, 4.69) is 20.4 Å². The van der Waals surface area contributed by atoms with E-state index in [0.29, 0.717) is 22.6 Å². The highest BCUT2D eigenvalue weighted by Gasteiger charge is 2.61. The summed E-state index contributed by atoms with van der Waals surface area (Å²) in [4.78, 5) is 21.1. The summed E-state index contributed by atoms with van der Waals surface area (Å²) in [6.45, 7) is 1.85. The number of benzene rings is 1. The number of nitrogens with zero attached hydrogens (tertiary/aromatic N) is 4. The van der Waals surface area contributed by atoms with Crippen molar-refractivity contribution in [3.63, 3.8) is 0 Å². The predicted octanol–water partition coefficient (Wildman–Crippen LogP) is 4.07. The molecule has 3 heterocycles. The number of anilines is 1. The van der Waals surface area contributed by atoms with Crippen LogP contribution in [-0.2, 0) is 0 Å². The molecular formula is C20H15F2N5O2. The number of alkyl halides is 2. The second-order valence-electron chi connectivity index (χ2n) is 7.03. The van der Waals surface area contributed by atoms with Crippen molar-refractivity contribution in [2.75, 3.05) is 5.32 Å². The number of fused-ring (bicyclic) bond motifs is 1. The van der Waals surface area contributed by atoms with E-state index in [1.807, 2.05) is 19.1 Å². The summed E-state index contributed by atoms with van der Waals surface area (Å²) in [5.41, 5.74) is 3.00. The number of aromatic nitrogens is 4. The van der Waals surface area contributed by atoms with E-state index in [0.717, 1.165) is 5.56 Å². The van der Waals surface area contributed by atoms with Gasteiger partial charge in [0, 0.05) is 23.9 Å². The molecule has 1 saturated carbocycles. The molecular weight excluding hydrogens is 380 g/mol. The Morgan fingerprint density at radius 2 is 2.14 bits per heavy atom. The van der Waals surface area contributed by atoms with E-state index in [1.165, 1.54) is 6.20 Å². The predicted molar refractivity (Wildman–Crippen MR) is 99.9 cm³/mol. The third kappa shape index (κ3) is 3.04. The van der Waals surface area contributed by atoms with Crippen molar-refractivity contribution in [3.05, 3.63) is 65.9 Å². The number of hydrogen-bond donors (Lipinski definition) is 1. The molecule has 9 heteroatoms. The molecule has 1 fully saturated rings. The normalized spacial score (nSPS) is 17.4. The lowest BCUT2D eigenvalue weighted by molar-refractivity contribution is 0.102. The topological polar surface area (TPSA) is 85.3 Å². The van der Waals surface area contributed by atoms with Gasteiger partial charge in [0.15, 0.2) is 0 Å². The lowest BCUT2D eigenvalue weighted by atomic mass is 10.1. The van der Waals surface area contributed by atoms with Crippen LogP contribution in [0, 0.1) is 6.92 Å². The third-order valence-corrected chi connectivity index (χ3v) is 4.96. The molecule has 1 N–H and O–H groups in total. The average molecular weight is 395 g/mol. The maximum absolute atomic E-state index is 13.2. The molecule has 0 spiro atoms. The molecule has 0 bridgehead atoms. The van der Waals surface area contributed by atoms with Crippen LogP contribution >= 0.6 is 0 Å². The molecule has 29 heavy (non-hydrogen) atoms. The molecule has 3 aromatic heterocycles. The zero-order valence-electron chi connectivity index (χ0n) is 15.3. The van der Waals surface area contributed by atoms with Gasteiger partial charge in [-0.15, -0.1) is 0 Å². The number of hydrogen-bond acceptors (Lipinski definition) is 5. The first-order valence-corrected chi connectivity index (χ1v) is 8.98. The third-order valence-electron chi connectivity index (χ3n) is 4.96. The summed E-state index contributed by atoms with van der Waals surface area (Å²) < 4.78 is 33.1.